The third-order valence-corrected chi connectivity index (χ3v) is 6.62. The monoisotopic (exact) mass is 500 g/mol. The fraction of sp³-hybridized carbons (Fsp3) is 0.300. The first-order chi connectivity index (χ1) is 18.0. The van der Waals surface area contributed by atoms with E-state index in [2.05, 4.69) is 29.6 Å². The molecule has 7 heteroatoms. The zero-order valence-corrected chi connectivity index (χ0v) is 20.9. The smallest absolute Gasteiger partial charge is 0.407 e. The Morgan fingerprint density at radius 3 is 2.11 bits per heavy atom. The van der Waals surface area contributed by atoms with Gasteiger partial charge in [0.05, 0.1) is 0 Å². The lowest BCUT2D eigenvalue weighted by Gasteiger charge is -2.25. The number of carbonyl (C=O) groups excluding carboxylic acids is 2. The van der Waals surface area contributed by atoms with Crippen LogP contribution in [0.25, 0.3) is 11.1 Å². The van der Waals surface area contributed by atoms with Crippen molar-refractivity contribution >= 4 is 18.0 Å². The summed E-state index contributed by atoms with van der Waals surface area (Å²) in [6.45, 7) is 1.94. The molecule has 1 atom stereocenters. The summed E-state index contributed by atoms with van der Waals surface area (Å²) < 4.78 is 5.65. The Kier molecular flexibility index (Phi) is 8.56. The van der Waals surface area contributed by atoms with Crippen molar-refractivity contribution in [3.8, 4) is 11.1 Å². The molecular weight excluding hydrogens is 468 g/mol. The van der Waals surface area contributed by atoms with Gasteiger partial charge in [-0.3, -0.25) is 9.59 Å². The molecule has 1 aliphatic carbocycles. The van der Waals surface area contributed by atoms with Gasteiger partial charge in [0.15, 0.2) is 0 Å². The Balaban J connectivity index is 1.38. The lowest BCUT2D eigenvalue weighted by Crippen LogP contribution is -2.42. The molecular formula is C30H32N2O5. The van der Waals surface area contributed by atoms with Crippen LogP contribution in [0.4, 0.5) is 4.79 Å². The number of carboxylic acid groups (broad SMARTS) is 1. The van der Waals surface area contributed by atoms with Gasteiger partial charge in [0.1, 0.15) is 13.2 Å². The van der Waals surface area contributed by atoms with Crippen LogP contribution in [0.15, 0.2) is 78.9 Å². The minimum absolute atomic E-state index is 0.00184. The van der Waals surface area contributed by atoms with Crippen LogP contribution in [0.3, 0.4) is 0 Å². The first-order valence-corrected chi connectivity index (χ1v) is 12.6. The maximum Gasteiger partial charge on any atom is 0.407 e. The molecule has 0 unspecified atom stereocenters. The van der Waals surface area contributed by atoms with E-state index in [-0.39, 0.29) is 31.4 Å². The third-order valence-electron chi connectivity index (χ3n) is 6.62. The highest BCUT2D eigenvalue weighted by atomic mass is 16.5. The van der Waals surface area contributed by atoms with E-state index in [1.165, 1.54) is 4.90 Å². The first kappa shape index (κ1) is 25.9. The highest BCUT2D eigenvalue weighted by Gasteiger charge is 2.29. The van der Waals surface area contributed by atoms with Gasteiger partial charge in [-0.1, -0.05) is 92.2 Å². The number of nitrogens with one attached hydrogen (secondary N) is 1. The van der Waals surface area contributed by atoms with Gasteiger partial charge >= 0.3 is 12.1 Å². The number of ether oxygens (including phenoxy) is 1. The number of benzene rings is 3. The maximum absolute atomic E-state index is 13.1. The van der Waals surface area contributed by atoms with Gasteiger partial charge in [-0.2, -0.15) is 0 Å². The van der Waals surface area contributed by atoms with Gasteiger partial charge < -0.3 is 20.1 Å². The molecule has 3 aromatic rings. The zero-order chi connectivity index (χ0) is 26.2. The van der Waals surface area contributed by atoms with E-state index in [0.29, 0.717) is 6.42 Å². The number of carbonyl (C=O) groups is 3. The molecule has 0 heterocycles. The third kappa shape index (κ3) is 6.55. The molecule has 0 saturated carbocycles. The molecule has 2 N–H and O–H groups in total. The van der Waals surface area contributed by atoms with Crippen molar-refractivity contribution < 1.29 is 24.2 Å². The van der Waals surface area contributed by atoms with Crippen molar-refractivity contribution in [2.45, 2.75) is 44.7 Å². The van der Waals surface area contributed by atoms with Crippen LogP contribution >= 0.6 is 0 Å². The van der Waals surface area contributed by atoms with Crippen LogP contribution in [-0.2, 0) is 20.9 Å². The Labute approximate surface area is 217 Å². The van der Waals surface area contributed by atoms with E-state index < -0.39 is 24.6 Å². The average Bonchev–Trinajstić information content (AvgIpc) is 3.21. The van der Waals surface area contributed by atoms with Crippen molar-refractivity contribution in [2.75, 3.05) is 13.2 Å². The van der Waals surface area contributed by atoms with E-state index >= 15 is 0 Å². The fourth-order valence-electron chi connectivity index (χ4n) is 4.92. The van der Waals surface area contributed by atoms with Gasteiger partial charge in [-0.05, 0) is 34.2 Å². The molecule has 4 rings (SSSR count). The van der Waals surface area contributed by atoms with Crippen molar-refractivity contribution in [3.05, 3.63) is 95.6 Å². The van der Waals surface area contributed by atoms with Crippen LogP contribution in [0.2, 0.25) is 0 Å². The standard InChI is InChI=1S/C30H32N2O5/c1-2-10-22(17-28(33)32(19-29(34)35)18-21-11-4-3-5-12-21)31-30(36)37-20-27-25-15-8-6-13-23(25)24-14-7-9-16-26(24)27/h3-9,11-16,22,27H,2,10,17-20H2,1H3,(H,31,36)(H,34,35)/t22-/m0/s1. The number of hydrogen-bond acceptors (Lipinski definition) is 4. The van der Waals surface area contributed by atoms with Crippen molar-refractivity contribution in [3.63, 3.8) is 0 Å². The van der Waals surface area contributed by atoms with E-state index in [1.807, 2.05) is 61.5 Å². The normalized spacial score (nSPS) is 12.8. The van der Waals surface area contributed by atoms with Crippen LogP contribution in [-0.4, -0.2) is 47.2 Å². The van der Waals surface area contributed by atoms with E-state index in [4.69, 9.17) is 4.74 Å². The summed E-state index contributed by atoms with van der Waals surface area (Å²) in [6.07, 6.45) is 0.737. The summed E-state index contributed by atoms with van der Waals surface area (Å²) in [5.74, 6) is -1.47. The summed E-state index contributed by atoms with van der Waals surface area (Å²) in [5.41, 5.74) is 5.40. The lowest BCUT2D eigenvalue weighted by atomic mass is 9.98. The molecule has 0 spiro atoms. The molecule has 37 heavy (non-hydrogen) atoms. The van der Waals surface area contributed by atoms with Crippen LogP contribution in [0, 0.1) is 0 Å². The molecule has 192 valence electrons. The predicted molar refractivity (Wildman–Crippen MR) is 141 cm³/mol. The van der Waals surface area contributed by atoms with E-state index in [0.717, 1.165) is 34.2 Å². The molecule has 0 radical (unpaired) electrons. The average molecular weight is 501 g/mol. The molecule has 7 nitrogen and oxygen atoms in total. The highest BCUT2D eigenvalue weighted by Crippen LogP contribution is 2.44. The van der Waals surface area contributed by atoms with Gasteiger partial charge in [-0.25, -0.2) is 4.79 Å². The summed E-state index contributed by atoms with van der Waals surface area (Å²) in [4.78, 5) is 38.5. The summed E-state index contributed by atoms with van der Waals surface area (Å²) in [7, 11) is 0. The topological polar surface area (TPSA) is 95.9 Å². The van der Waals surface area contributed by atoms with Crippen LogP contribution in [0.5, 0.6) is 0 Å². The predicted octanol–water partition coefficient (Wildman–Crippen LogP) is 5.20. The number of nitrogens with zero attached hydrogens (tertiary/aromatic N) is 1. The molecule has 0 aliphatic heterocycles. The second-order valence-corrected chi connectivity index (χ2v) is 9.29. The molecule has 0 aromatic heterocycles. The summed E-state index contributed by atoms with van der Waals surface area (Å²) >= 11 is 0. The largest absolute Gasteiger partial charge is 0.480 e. The second kappa shape index (κ2) is 12.2. The molecule has 1 aliphatic rings. The van der Waals surface area contributed by atoms with Gasteiger partial charge in [0.25, 0.3) is 0 Å². The van der Waals surface area contributed by atoms with Crippen molar-refractivity contribution in [2.24, 2.45) is 0 Å². The molecule has 3 aromatic carbocycles. The highest BCUT2D eigenvalue weighted by molar-refractivity contribution is 5.82. The van der Waals surface area contributed by atoms with Gasteiger partial charge in [0.2, 0.25) is 5.91 Å². The Hall–Kier alpha value is -4.13. The van der Waals surface area contributed by atoms with E-state index in [9.17, 15) is 19.5 Å². The number of aliphatic carboxylic acids is 1. The second-order valence-electron chi connectivity index (χ2n) is 9.29. The quantitative estimate of drug-likeness (QED) is 0.377. The molecule has 2 amide bonds. The minimum atomic E-state index is -1.08. The summed E-state index contributed by atoms with van der Waals surface area (Å²) in [6, 6.07) is 25.0. The Morgan fingerprint density at radius 1 is 0.919 bits per heavy atom. The summed E-state index contributed by atoms with van der Waals surface area (Å²) in [5, 5.41) is 12.2. The molecule has 0 fully saturated rings. The zero-order valence-electron chi connectivity index (χ0n) is 20.9. The lowest BCUT2D eigenvalue weighted by molar-refractivity contribution is -0.145. The number of rotatable bonds is 11. The van der Waals surface area contributed by atoms with Crippen molar-refractivity contribution in [1.29, 1.82) is 0 Å². The molecule has 0 bridgehead atoms. The first-order valence-electron chi connectivity index (χ1n) is 12.6. The van der Waals surface area contributed by atoms with Crippen LogP contribution < -0.4 is 5.32 Å². The SMILES string of the molecule is CCC[C@@H](CC(=O)N(CC(=O)O)Cc1ccccc1)NC(=O)OCC1c2ccccc2-c2ccccc21. The number of fused-ring (bicyclic) bond motifs is 3. The Morgan fingerprint density at radius 2 is 1.51 bits per heavy atom. The number of alkyl carbamates (subject to hydrolysis) is 1. The fourth-order valence-corrected chi connectivity index (χ4v) is 4.92. The van der Waals surface area contributed by atoms with Crippen molar-refractivity contribution in [1.82, 2.24) is 10.2 Å². The van der Waals surface area contributed by atoms with Gasteiger partial charge in [0, 0.05) is 24.9 Å². The Bertz CT molecular complexity index is 1200. The number of hydrogen-bond donors (Lipinski definition) is 2. The molecule has 0 saturated heterocycles. The minimum Gasteiger partial charge on any atom is -0.480 e. The number of carboxylic acids is 1. The maximum atomic E-state index is 13.1. The van der Waals surface area contributed by atoms with Gasteiger partial charge in [-0.15, -0.1) is 0 Å². The van der Waals surface area contributed by atoms with Crippen LogP contribution in [0.1, 0.15) is 48.8 Å². The number of amides is 2. The van der Waals surface area contributed by atoms with E-state index in [1.54, 1.807) is 0 Å².